The molecule has 86 valence electrons. The van der Waals surface area contributed by atoms with Crippen LogP contribution in [0.1, 0.15) is 11.8 Å². The van der Waals surface area contributed by atoms with Gasteiger partial charge in [-0.15, -0.1) is 0 Å². The van der Waals surface area contributed by atoms with Gasteiger partial charge in [-0.2, -0.15) is 0 Å². The van der Waals surface area contributed by atoms with Crippen molar-refractivity contribution < 1.29 is 19.4 Å². The minimum atomic E-state index is -1.03. The fourth-order valence-electron chi connectivity index (χ4n) is 0.829. The molecule has 7 heteroatoms. The highest BCUT2D eigenvalue weighted by Crippen LogP contribution is 2.19. The van der Waals surface area contributed by atoms with Crippen molar-refractivity contribution in [3.63, 3.8) is 0 Å². The van der Waals surface area contributed by atoms with Crippen LogP contribution in [0.2, 0.25) is 0 Å². The number of ether oxygens (including phenoxy) is 1. The van der Waals surface area contributed by atoms with Crippen molar-refractivity contribution in [3.05, 3.63) is 17.2 Å². The summed E-state index contributed by atoms with van der Waals surface area (Å²) in [5.41, 5.74) is 0. The first-order valence-electron chi connectivity index (χ1n) is 4.42. The number of carboxylic acids is 1. The van der Waals surface area contributed by atoms with E-state index in [2.05, 4.69) is 15.0 Å². The first-order chi connectivity index (χ1) is 7.61. The largest absolute Gasteiger partial charge is 0.478 e. The molecule has 2 N–H and O–H groups in total. The zero-order chi connectivity index (χ0) is 12.0. The molecule has 1 heterocycles. The average Bonchev–Trinajstić information content (AvgIpc) is 2.63. The molecule has 0 aliphatic heterocycles. The molecule has 0 saturated heterocycles. The summed E-state index contributed by atoms with van der Waals surface area (Å²) in [7, 11) is 0. The summed E-state index contributed by atoms with van der Waals surface area (Å²) >= 11 is 1.16. The molecule has 0 aliphatic rings. The SMILES string of the molecule is CCOC(=O)Nc1ncc(/C=C/C(=O)O)s1. The quantitative estimate of drug-likeness (QED) is 0.786. The zero-order valence-electron chi connectivity index (χ0n) is 8.47. The Labute approximate surface area is 95.6 Å². The Morgan fingerprint density at radius 3 is 3.06 bits per heavy atom. The summed E-state index contributed by atoms with van der Waals surface area (Å²) in [5.74, 6) is -1.03. The Morgan fingerprint density at radius 1 is 1.69 bits per heavy atom. The molecule has 0 radical (unpaired) electrons. The molecule has 16 heavy (non-hydrogen) atoms. The van der Waals surface area contributed by atoms with Crippen LogP contribution in [0, 0.1) is 0 Å². The van der Waals surface area contributed by atoms with E-state index in [9.17, 15) is 9.59 Å². The number of carboxylic acid groups (broad SMARTS) is 1. The Hall–Kier alpha value is -1.89. The van der Waals surface area contributed by atoms with Crippen LogP contribution >= 0.6 is 11.3 Å². The van der Waals surface area contributed by atoms with Gasteiger partial charge in [0.15, 0.2) is 5.13 Å². The summed E-state index contributed by atoms with van der Waals surface area (Å²) in [4.78, 5) is 25.8. The number of rotatable bonds is 4. The number of aliphatic carboxylic acids is 1. The molecule has 1 aromatic heterocycles. The van der Waals surface area contributed by atoms with E-state index in [4.69, 9.17) is 5.11 Å². The standard InChI is InChI=1S/C9H10N2O4S/c1-2-15-9(14)11-8-10-5-6(16-8)3-4-7(12)13/h3-5H,2H2,1H3,(H,12,13)(H,10,11,14)/b4-3+. The number of nitrogens with one attached hydrogen (secondary N) is 1. The number of nitrogens with zero attached hydrogens (tertiary/aromatic N) is 1. The summed E-state index contributed by atoms with van der Waals surface area (Å²) in [6.07, 6.45) is 3.29. The molecule has 0 aliphatic carbocycles. The molecule has 0 aromatic carbocycles. The Balaban J connectivity index is 2.58. The molecule has 0 unspecified atom stereocenters. The normalized spacial score (nSPS) is 10.3. The predicted octanol–water partition coefficient (Wildman–Crippen LogP) is 1.81. The number of amides is 1. The lowest BCUT2D eigenvalue weighted by Crippen LogP contribution is -2.12. The van der Waals surface area contributed by atoms with E-state index in [1.54, 1.807) is 6.92 Å². The third-order valence-electron chi connectivity index (χ3n) is 1.40. The topological polar surface area (TPSA) is 88.5 Å². The van der Waals surface area contributed by atoms with Gasteiger partial charge in [0.25, 0.3) is 0 Å². The van der Waals surface area contributed by atoms with Crippen molar-refractivity contribution >= 4 is 34.6 Å². The monoisotopic (exact) mass is 242 g/mol. The third-order valence-corrected chi connectivity index (χ3v) is 2.28. The van der Waals surface area contributed by atoms with Crippen molar-refractivity contribution in [2.24, 2.45) is 0 Å². The van der Waals surface area contributed by atoms with Crippen molar-refractivity contribution in [2.75, 3.05) is 11.9 Å². The van der Waals surface area contributed by atoms with E-state index < -0.39 is 12.1 Å². The van der Waals surface area contributed by atoms with Crippen molar-refractivity contribution in [2.45, 2.75) is 6.92 Å². The van der Waals surface area contributed by atoms with Crippen LogP contribution in [0.4, 0.5) is 9.93 Å². The summed E-state index contributed by atoms with van der Waals surface area (Å²) in [5, 5.41) is 11.2. The summed E-state index contributed by atoms with van der Waals surface area (Å²) in [6, 6.07) is 0. The molecule has 0 atom stereocenters. The van der Waals surface area contributed by atoms with E-state index in [1.807, 2.05) is 0 Å². The lowest BCUT2D eigenvalue weighted by atomic mass is 10.4. The second-order valence-electron chi connectivity index (χ2n) is 2.58. The van der Waals surface area contributed by atoms with Crippen LogP contribution in [-0.4, -0.2) is 28.8 Å². The maximum atomic E-state index is 11.0. The number of carbonyl (C=O) groups excluding carboxylic acids is 1. The van der Waals surface area contributed by atoms with E-state index >= 15 is 0 Å². The van der Waals surface area contributed by atoms with Gasteiger partial charge in [0.1, 0.15) is 0 Å². The highest BCUT2D eigenvalue weighted by atomic mass is 32.1. The Morgan fingerprint density at radius 2 is 2.44 bits per heavy atom. The van der Waals surface area contributed by atoms with E-state index in [0.29, 0.717) is 10.0 Å². The van der Waals surface area contributed by atoms with Crippen LogP contribution in [0.3, 0.4) is 0 Å². The van der Waals surface area contributed by atoms with Gasteiger partial charge in [0.2, 0.25) is 0 Å². The molecular weight excluding hydrogens is 232 g/mol. The maximum Gasteiger partial charge on any atom is 0.413 e. The van der Waals surface area contributed by atoms with Gasteiger partial charge in [-0.25, -0.2) is 14.6 Å². The molecule has 1 aromatic rings. The second kappa shape index (κ2) is 5.86. The summed E-state index contributed by atoms with van der Waals surface area (Å²) < 4.78 is 4.66. The smallest absolute Gasteiger partial charge is 0.413 e. The van der Waals surface area contributed by atoms with Gasteiger partial charge < -0.3 is 9.84 Å². The van der Waals surface area contributed by atoms with E-state index in [1.165, 1.54) is 12.3 Å². The van der Waals surface area contributed by atoms with Crippen LogP contribution < -0.4 is 5.32 Å². The highest BCUT2D eigenvalue weighted by molar-refractivity contribution is 7.16. The lowest BCUT2D eigenvalue weighted by molar-refractivity contribution is -0.131. The Bertz CT molecular complexity index is 413. The average molecular weight is 242 g/mol. The summed E-state index contributed by atoms with van der Waals surface area (Å²) in [6.45, 7) is 1.98. The van der Waals surface area contributed by atoms with Crippen molar-refractivity contribution in [3.8, 4) is 0 Å². The lowest BCUT2D eigenvalue weighted by Gasteiger charge is -1.99. The van der Waals surface area contributed by atoms with Crippen LogP contribution in [0.15, 0.2) is 12.3 Å². The molecule has 0 bridgehead atoms. The van der Waals surface area contributed by atoms with Gasteiger partial charge in [-0.1, -0.05) is 11.3 Å². The number of carbonyl (C=O) groups is 2. The van der Waals surface area contributed by atoms with Crippen LogP contribution in [-0.2, 0) is 9.53 Å². The van der Waals surface area contributed by atoms with Crippen LogP contribution in [0.25, 0.3) is 6.08 Å². The first-order valence-corrected chi connectivity index (χ1v) is 5.24. The number of hydrogen-bond donors (Lipinski definition) is 2. The fourth-order valence-corrected chi connectivity index (χ4v) is 1.53. The predicted molar refractivity (Wildman–Crippen MR) is 59.4 cm³/mol. The minimum Gasteiger partial charge on any atom is -0.478 e. The molecule has 0 fully saturated rings. The third kappa shape index (κ3) is 4.09. The van der Waals surface area contributed by atoms with E-state index in [-0.39, 0.29) is 6.61 Å². The van der Waals surface area contributed by atoms with Gasteiger partial charge in [0.05, 0.1) is 6.61 Å². The van der Waals surface area contributed by atoms with Crippen LogP contribution in [0.5, 0.6) is 0 Å². The van der Waals surface area contributed by atoms with Crippen molar-refractivity contribution in [1.82, 2.24) is 4.98 Å². The molecule has 6 nitrogen and oxygen atoms in total. The maximum absolute atomic E-state index is 11.0. The molecule has 0 saturated carbocycles. The fraction of sp³-hybridized carbons (Fsp3) is 0.222. The number of aromatic nitrogens is 1. The molecule has 1 amide bonds. The van der Waals surface area contributed by atoms with Gasteiger partial charge in [-0.05, 0) is 13.0 Å². The highest BCUT2D eigenvalue weighted by Gasteiger charge is 2.05. The van der Waals surface area contributed by atoms with Gasteiger partial charge >= 0.3 is 12.1 Å². The zero-order valence-corrected chi connectivity index (χ0v) is 9.28. The molecule has 0 spiro atoms. The number of anilines is 1. The number of thiazole rings is 1. The van der Waals surface area contributed by atoms with E-state index in [0.717, 1.165) is 17.4 Å². The Kier molecular flexibility index (Phi) is 4.46. The first kappa shape index (κ1) is 12.2. The van der Waals surface area contributed by atoms with Crippen molar-refractivity contribution in [1.29, 1.82) is 0 Å². The second-order valence-corrected chi connectivity index (χ2v) is 3.65. The van der Waals surface area contributed by atoms with Gasteiger partial charge in [-0.3, -0.25) is 5.32 Å². The molecule has 1 rings (SSSR count). The molecular formula is C9H10N2O4S. The minimum absolute atomic E-state index is 0.281. The number of hydrogen-bond acceptors (Lipinski definition) is 5. The van der Waals surface area contributed by atoms with Gasteiger partial charge in [0, 0.05) is 17.2 Å².